The Morgan fingerprint density at radius 3 is 2.69 bits per heavy atom. The number of hydrogen-bond donors (Lipinski definition) is 4. The fraction of sp³-hybridized carbons (Fsp3) is 0.111. The molecule has 0 fully saturated rings. The fourth-order valence-corrected chi connectivity index (χ4v) is 4.26. The lowest BCUT2D eigenvalue weighted by molar-refractivity contribution is -0.124. The maximum Gasteiger partial charge on any atom is 0.267 e. The Labute approximate surface area is 217 Å². The first-order valence-corrected chi connectivity index (χ1v) is 11.8. The zero-order valence-electron chi connectivity index (χ0n) is 19.0. The van der Waals surface area contributed by atoms with Gasteiger partial charge in [-0.3, -0.25) is 14.8 Å². The van der Waals surface area contributed by atoms with Crippen LogP contribution in [0.5, 0.6) is 5.75 Å². The molecule has 0 radical (unpaired) electrons. The molecule has 3 aromatic carbocycles. The quantitative estimate of drug-likeness (QED) is 0.134. The smallest absolute Gasteiger partial charge is 0.267 e. The number of para-hydroxylation sites is 1. The van der Waals surface area contributed by atoms with Crippen molar-refractivity contribution in [2.45, 2.75) is 12.5 Å². The summed E-state index contributed by atoms with van der Waals surface area (Å²) in [6.07, 6.45) is 5.19. The van der Waals surface area contributed by atoms with Crippen molar-refractivity contribution in [3.8, 4) is 5.75 Å². The number of amides is 2. The minimum Gasteiger partial charge on any atom is -0.491 e. The van der Waals surface area contributed by atoms with Crippen LogP contribution < -0.4 is 15.5 Å². The van der Waals surface area contributed by atoms with Crippen LogP contribution in [0.3, 0.4) is 0 Å². The Bertz CT molecular complexity index is 1420. The molecule has 0 unspecified atom stereocenters. The standard InChI is InChI=1S/C27H23Cl2N3O4/c28-19-9-10-23(24(29)14-19)27(34)31-20(13-18-15-30-25-7-2-1-6-22(18)25)16-36-21-5-3-4-17(12-21)8-11-26(33)32-35/h1-12,14-15,20,30,35H,13,16H2,(H,31,34)(H,32,33)/b11-8+/t20-/m0/s1. The van der Waals surface area contributed by atoms with E-state index in [-0.39, 0.29) is 23.6 Å². The number of rotatable bonds is 9. The molecule has 184 valence electrons. The number of nitrogens with one attached hydrogen (secondary N) is 3. The summed E-state index contributed by atoms with van der Waals surface area (Å²) in [6.45, 7) is 0.181. The van der Waals surface area contributed by atoms with Crippen LogP contribution >= 0.6 is 23.2 Å². The molecular formula is C27H23Cl2N3O4. The largest absolute Gasteiger partial charge is 0.491 e. The SMILES string of the molecule is O=C(/C=C/c1cccc(OC[C@H](Cc2c[nH]c3ccccc23)NC(=O)c2ccc(Cl)cc2Cl)c1)NO. The van der Waals surface area contributed by atoms with Gasteiger partial charge in [-0.2, -0.15) is 0 Å². The lowest BCUT2D eigenvalue weighted by Crippen LogP contribution is -2.40. The van der Waals surface area contributed by atoms with E-state index in [1.165, 1.54) is 12.1 Å². The van der Waals surface area contributed by atoms with Crippen molar-refractivity contribution in [2.75, 3.05) is 6.61 Å². The molecule has 0 aliphatic rings. The molecular weight excluding hydrogens is 501 g/mol. The van der Waals surface area contributed by atoms with Gasteiger partial charge in [-0.05, 0) is 60.0 Å². The van der Waals surface area contributed by atoms with Gasteiger partial charge >= 0.3 is 0 Å². The molecule has 4 rings (SSSR count). The van der Waals surface area contributed by atoms with Crippen molar-refractivity contribution in [2.24, 2.45) is 0 Å². The van der Waals surface area contributed by atoms with E-state index in [1.54, 1.807) is 48.0 Å². The molecule has 0 spiro atoms. The topological polar surface area (TPSA) is 103 Å². The first-order chi connectivity index (χ1) is 17.4. The van der Waals surface area contributed by atoms with Crippen molar-refractivity contribution in [1.29, 1.82) is 0 Å². The number of hydroxylamine groups is 1. The van der Waals surface area contributed by atoms with E-state index in [1.807, 2.05) is 30.5 Å². The summed E-state index contributed by atoms with van der Waals surface area (Å²) >= 11 is 12.2. The van der Waals surface area contributed by atoms with E-state index < -0.39 is 5.91 Å². The molecule has 1 atom stereocenters. The third-order valence-electron chi connectivity index (χ3n) is 5.50. The molecule has 4 aromatic rings. The van der Waals surface area contributed by atoms with Crippen LogP contribution in [-0.4, -0.2) is 34.7 Å². The van der Waals surface area contributed by atoms with Crippen LogP contribution in [0.15, 0.2) is 79.0 Å². The summed E-state index contributed by atoms with van der Waals surface area (Å²) in [5.41, 5.74) is 4.61. The fourth-order valence-electron chi connectivity index (χ4n) is 3.77. The van der Waals surface area contributed by atoms with Crippen LogP contribution in [0, 0.1) is 0 Å². The van der Waals surface area contributed by atoms with Gasteiger partial charge in [0.2, 0.25) is 0 Å². The third kappa shape index (κ3) is 6.46. The number of aromatic nitrogens is 1. The Hall–Kier alpha value is -3.78. The first kappa shape index (κ1) is 25.3. The molecule has 0 bridgehead atoms. The second-order valence-electron chi connectivity index (χ2n) is 8.05. The molecule has 0 saturated carbocycles. The molecule has 9 heteroatoms. The normalized spacial score (nSPS) is 12.0. The van der Waals surface area contributed by atoms with E-state index in [0.717, 1.165) is 16.5 Å². The van der Waals surface area contributed by atoms with Gasteiger partial charge in [0.15, 0.2) is 0 Å². The monoisotopic (exact) mass is 523 g/mol. The molecule has 0 aliphatic carbocycles. The van der Waals surface area contributed by atoms with Gasteiger partial charge in [0, 0.05) is 28.2 Å². The summed E-state index contributed by atoms with van der Waals surface area (Å²) in [7, 11) is 0. The molecule has 0 aliphatic heterocycles. The predicted molar refractivity (Wildman–Crippen MR) is 141 cm³/mol. The predicted octanol–water partition coefficient (Wildman–Crippen LogP) is 5.41. The van der Waals surface area contributed by atoms with Gasteiger partial charge in [0.25, 0.3) is 11.8 Å². The number of H-pyrrole nitrogens is 1. The van der Waals surface area contributed by atoms with E-state index in [0.29, 0.717) is 28.3 Å². The number of benzene rings is 3. The number of ether oxygens (including phenoxy) is 1. The molecule has 36 heavy (non-hydrogen) atoms. The summed E-state index contributed by atoms with van der Waals surface area (Å²) in [5, 5.41) is 13.4. The van der Waals surface area contributed by atoms with E-state index in [9.17, 15) is 9.59 Å². The highest BCUT2D eigenvalue weighted by atomic mass is 35.5. The Balaban J connectivity index is 1.53. The van der Waals surface area contributed by atoms with Gasteiger partial charge < -0.3 is 15.0 Å². The molecule has 0 saturated heterocycles. The van der Waals surface area contributed by atoms with Gasteiger partial charge in [-0.1, -0.05) is 53.5 Å². The number of aromatic amines is 1. The Morgan fingerprint density at radius 1 is 1.06 bits per heavy atom. The van der Waals surface area contributed by atoms with E-state index in [4.69, 9.17) is 33.1 Å². The Morgan fingerprint density at radius 2 is 1.89 bits per heavy atom. The number of carbonyl (C=O) groups is 2. The minimum absolute atomic E-state index is 0.181. The average molecular weight is 524 g/mol. The van der Waals surface area contributed by atoms with Crippen LogP contribution in [0.1, 0.15) is 21.5 Å². The highest BCUT2D eigenvalue weighted by Gasteiger charge is 2.19. The lowest BCUT2D eigenvalue weighted by Gasteiger charge is -2.20. The highest BCUT2D eigenvalue weighted by molar-refractivity contribution is 6.36. The van der Waals surface area contributed by atoms with E-state index >= 15 is 0 Å². The summed E-state index contributed by atoms with van der Waals surface area (Å²) in [4.78, 5) is 27.6. The average Bonchev–Trinajstić information content (AvgIpc) is 3.28. The maximum atomic E-state index is 13.1. The van der Waals surface area contributed by atoms with Crippen molar-refractivity contribution in [1.82, 2.24) is 15.8 Å². The lowest BCUT2D eigenvalue weighted by atomic mass is 10.0. The summed E-state index contributed by atoms with van der Waals surface area (Å²) in [5.74, 6) is -0.412. The van der Waals surface area contributed by atoms with Gasteiger partial charge in [-0.25, -0.2) is 5.48 Å². The summed E-state index contributed by atoms with van der Waals surface area (Å²) < 4.78 is 6.03. The molecule has 4 N–H and O–H groups in total. The number of halogens is 2. The maximum absolute atomic E-state index is 13.1. The molecule has 7 nitrogen and oxygen atoms in total. The molecule has 1 heterocycles. The van der Waals surface area contributed by atoms with Gasteiger partial charge in [0.1, 0.15) is 12.4 Å². The third-order valence-corrected chi connectivity index (χ3v) is 6.05. The van der Waals surface area contributed by atoms with Crippen molar-refractivity contribution < 1.29 is 19.5 Å². The van der Waals surface area contributed by atoms with E-state index in [2.05, 4.69) is 10.3 Å². The number of hydrogen-bond acceptors (Lipinski definition) is 4. The molecule has 1 aromatic heterocycles. The zero-order valence-corrected chi connectivity index (χ0v) is 20.5. The van der Waals surface area contributed by atoms with Crippen LogP contribution in [0.25, 0.3) is 17.0 Å². The van der Waals surface area contributed by atoms with Crippen molar-refractivity contribution in [3.05, 3.63) is 106 Å². The van der Waals surface area contributed by atoms with Crippen molar-refractivity contribution in [3.63, 3.8) is 0 Å². The Kier molecular flexibility index (Phi) is 8.28. The van der Waals surface area contributed by atoms with Crippen LogP contribution in [0.4, 0.5) is 0 Å². The minimum atomic E-state index is -0.635. The van der Waals surface area contributed by atoms with Gasteiger partial charge in [-0.15, -0.1) is 0 Å². The highest BCUT2D eigenvalue weighted by Crippen LogP contribution is 2.23. The van der Waals surface area contributed by atoms with Crippen molar-refractivity contribution >= 4 is 52.0 Å². The molecule has 2 amide bonds. The number of carbonyl (C=O) groups excluding carboxylic acids is 2. The van der Waals surface area contributed by atoms with Crippen LogP contribution in [-0.2, 0) is 11.2 Å². The zero-order chi connectivity index (χ0) is 25.5. The second kappa shape index (κ2) is 11.8. The first-order valence-electron chi connectivity index (χ1n) is 11.1. The summed E-state index contributed by atoms with van der Waals surface area (Å²) in [6, 6.07) is 19.4. The van der Waals surface area contributed by atoms with Crippen LogP contribution in [0.2, 0.25) is 10.0 Å². The van der Waals surface area contributed by atoms with Gasteiger partial charge in [0.05, 0.1) is 16.6 Å². The number of fused-ring (bicyclic) bond motifs is 1. The second-order valence-corrected chi connectivity index (χ2v) is 8.89.